The van der Waals surface area contributed by atoms with Gasteiger partial charge in [0, 0.05) is 12.0 Å². The quantitative estimate of drug-likeness (QED) is 0.878. The van der Waals surface area contributed by atoms with E-state index in [9.17, 15) is 0 Å². The van der Waals surface area contributed by atoms with Crippen LogP contribution in [0.3, 0.4) is 0 Å². The number of aliphatic hydroxyl groups is 1. The largest absolute Gasteiger partial charge is 0.488 e. The number of nitriles is 1. The molecule has 0 aliphatic carbocycles. The molecule has 2 rings (SSSR count). The van der Waals surface area contributed by atoms with Crippen LogP contribution in [0.1, 0.15) is 22.4 Å². The number of nitrogens with zero attached hydrogens (tertiary/aromatic N) is 1. The molecule has 0 bridgehead atoms. The second-order valence-electron chi connectivity index (χ2n) is 3.96. The first kappa shape index (κ1) is 14.1. The maximum absolute atomic E-state index is 8.73. The lowest BCUT2D eigenvalue weighted by molar-refractivity contribution is 0.305. The van der Waals surface area contributed by atoms with E-state index in [1.54, 1.807) is 35.6 Å². The smallest absolute Gasteiger partial charge is 0.124 e. The molecule has 1 aromatic heterocycles. The zero-order valence-electron chi connectivity index (χ0n) is 10.8. The van der Waals surface area contributed by atoms with E-state index in [4.69, 9.17) is 15.1 Å². The molecule has 2 aromatic rings. The number of hydrogen-bond donors (Lipinski definition) is 1. The Hall–Kier alpha value is -2.27. The molecular weight excluding hydrogens is 270 g/mol. The minimum Gasteiger partial charge on any atom is -0.488 e. The van der Waals surface area contributed by atoms with Gasteiger partial charge in [-0.2, -0.15) is 5.26 Å². The molecule has 1 aromatic carbocycles. The van der Waals surface area contributed by atoms with Gasteiger partial charge in [0.1, 0.15) is 12.4 Å². The van der Waals surface area contributed by atoms with Crippen LogP contribution in [0.2, 0.25) is 0 Å². The van der Waals surface area contributed by atoms with Crippen molar-refractivity contribution in [1.29, 1.82) is 5.26 Å². The lowest BCUT2D eigenvalue weighted by Crippen LogP contribution is -1.95. The topological polar surface area (TPSA) is 53.2 Å². The Balaban J connectivity index is 1.99. The summed E-state index contributed by atoms with van der Waals surface area (Å²) >= 11 is 1.59. The van der Waals surface area contributed by atoms with Crippen LogP contribution in [0.4, 0.5) is 0 Å². The molecule has 4 heteroatoms. The molecule has 0 aliphatic heterocycles. The zero-order valence-corrected chi connectivity index (χ0v) is 11.6. The summed E-state index contributed by atoms with van der Waals surface area (Å²) in [7, 11) is 0. The third kappa shape index (κ3) is 3.86. The Labute approximate surface area is 122 Å². The SMILES string of the molecule is N#Cc1ccc(OCc2sccc2C#CCCO)cc1. The van der Waals surface area contributed by atoms with Crippen LogP contribution < -0.4 is 4.74 Å². The van der Waals surface area contributed by atoms with Crippen LogP contribution >= 0.6 is 11.3 Å². The van der Waals surface area contributed by atoms with E-state index in [1.807, 2.05) is 11.4 Å². The van der Waals surface area contributed by atoms with Crippen molar-refractivity contribution in [3.05, 3.63) is 51.7 Å². The third-order valence-electron chi connectivity index (χ3n) is 2.56. The average Bonchev–Trinajstić information content (AvgIpc) is 2.93. The van der Waals surface area contributed by atoms with Crippen LogP contribution in [0.15, 0.2) is 35.7 Å². The molecule has 1 heterocycles. The molecule has 0 fully saturated rings. The van der Waals surface area contributed by atoms with Crippen molar-refractivity contribution >= 4 is 11.3 Å². The highest BCUT2D eigenvalue weighted by molar-refractivity contribution is 7.10. The third-order valence-corrected chi connectivity index (χ3v) is 3.45. The molecule has 0 aliphatic rings. The molecule has 1 N–H and O–H groups in total. The number of aliphatic hydroxyl groups excluding tert-OH is 1. The molecule has 0 amide bonds. The van der Waals surface area contributed by atoms with Gasteiger partial charge in [0.05, 0.1) is 23.1 Å². The first-order chi connectivity index (χ1) is 9.83. The molecule has 0 saturated carbocycles. The van der Waals surface area contributed by atoms with Crippen molar-refractivity contribution in [2.24, 2.45) is 0 Å². The van der Waals surface area contributed by atoms with E-state index in [0.29, 0.717) is 18.6 Å². The Morgan fingerprint density at radius 3 is 2.70 bits per heavy atom. The minimum absolute atomic E-state index is 0.0776. The van der Waals surface area contributed by atoms with E-state index in [2.05, 4.69) is 17.9 Å². The summed E-state index contributed by atoms with van der Waals surface area (Å²) < 4.78 is 5.68. The molecule has 0 saturated heterocycles. The highest BCUT2D eigenvalue weighted by Crippen LogP contribution is 2.19. The van der Waals surface area contributed by atoms with E-state index in [0.717, 1.165) is 16.2 Å². The second kappa shape index (κ2) is 7.35. The van der Waals surface area contributed by atoms with Gasteiger partial charge in [0.2, 0.25) is 0 Å². The highest BCUT2D eigenvalue weighted by Gasteiger charge is 2.03. The summed E-state index contributed by atoms with van der Waals surface area (Å²) in [6.07, 6.45) is 0.478. The van der Waals surface area contributed by atoms with Crippen LogP contribution in [-0.4, -0.2) is 11.7 Å². The monoisotopic (exact) mass is 283 g/mol. The summed E-state index contributed by atoms with van der Waals surface area (Å²) in [5.74, 6) is 6.66. The van der Waals surface area contributed by atoms with E-state index >= 15 is 0 Å². The summed E-state index contributed by atoms with van der Waals surface area (Å²) in [4.78, 5) is 1.06. The zero-order chi connectivity index (χ0) is 14.2. The van der Waals surface area contributed by atoms with Crippen LogP contribution in [0.25, 0.3) is 0 Å². The van der Waals surface area contributed by atoms with Crippen molar-refractivity contribution in [3.63, 3.8) is 0 Å². The van der Waals surface area contributed by atoms with Crippen molar-refractivity contribution in [1.82, 2.24) is 0 Å². The van der Waals surface area contributed by atoms with E-state index in [-0.39, 0.29) is 6.61 Å². The van der Waals surface area contributed by atoms with E-state index < -0.39 is 0 Å². The van der Waals surface area contributed by atoms with Gasteiger partial charge < -0.3 is 9.84 Å². The summed E-state index contributed by atoms with van der Waals surface area (Å²) in [5.41, 5.74) is 1.56. The summed E-state index contributed by atoms with van der Waals surface area (Å²) in [5, 5.41) is 19.4. The van der Waals surface area contributed by atoms with Gasteiger partial charge in [0.15, 0.2) is 0 Å². The number of rotatable bonds is 4. The predicted molar refractivity (Wildman–Crippen MR) is 78.4 cm³/mol. The molecule has 3 nitrogen and oxygen atoms in total. The molecule has 20 heavy (non-hydrogen) atoms. The lowest BCUT2D eigenvalue weighted by Gasteiger charge is -2.05. The fourth-order valence-electron chi connectivity index (χ4n) is 1.55. The Bertz CT molecular complexity index is 656. The first-order valence-corrected chi connectivity index (χ1v) is 7.00. The van der Waals surface area contributed by atoms with Gasteiger partial charge in [-0.05, 0) is 35.7 Å². The van der Waals surface area contributed by atoms with Crippen molar-refractivity contribution in [2.75, 3.05) is 6.61 Å². The van der Waals surface area contributed by atoms with Gasteiger partial charge in [-0.3, -0.25) is 0 Å². The van der Waals surface area contributed by atoms with Crippen LogP contribution in [0, 0.1) is 23.2 Å². The predicted octanol–water partition coefficient (Wildman–Crippen LogP) is 2.93. The summed E-state index contributed by atoms with van der Waals surface area (Å²) in [6.45, 7) is 0.529. The number of thiophene rings is 1. The highest BCUT2D eigenvalue weighted by atomic mass is 32.1. The van der Waals surface area contributed by atoms with Gasteiger partial charge in [-0.25, -0.2) is 0 Å². The average molecular weight is 283 g/mol. The second-order valence-corrected chi connectivity index (χ2v) is 4.96. The van der Waals surface area contributed by atoms with Crippen molar-refractivity contribution in [2.45, 2.75) is 13.0 Å². The maximum Gasteiger partial charge on any atom is 0.124 e. The van der Waals surface area contributed by atoms with Crippen LogP contribution in [0.5, 0.6) is 5.75 Å². The standard InChI is InChI=1S/C16H13NO2S/c17-11-13-4-6-15(7-5-13)19-12-16-14(8-10-20-16)3-1-2-9-18/h4-8,10,18H,2,9,12H2. The summed E-state index contributed by atoms with van der Waals surface area (Å²) in [6, 6.07) is 11.0. The normalized spacial score (nSPS) is 9.40. The minimum atomic E-state index is 0.0776. The molecule has 0 atom stereocenters. The van der Waals surface area contributed by atoms with Gasteiger partial charge >= 0.3 is 0 Å². The fourth-order valence-corrected chi connectivity index (χ4v) is 2.29. The van der Waals surface area contributed by atoms with Gasteiger partial charge in [0.25, 0.3) is 0 Å². The molecule has 0 unspecified atom stereocenters. The molecule has 0 radical (unpaired) electrons. The fraction of sp³-hybridized carbons (Fsp3) is 0.188. The maximum atomic E-state index is 8.73. The lowest BCUT2D eigenvalue weighted by atomic mass is 10.2. The van der Waals surface area contributed by atoms with Gasteiger partial charge in [-0.15, -0.1) is 11.3 Å². The number of ether oxygens (including phenoxy) is 1. The first-order valence-electron chi connectivity index (χ1n) is 6.12. The Kier molecular flexibility index (Phi) is 5.20. The molecule has 0 spiro atoms. The van der Waals surface area contributed by atoms with Crippen LogP contribution in [-0.2, 0) is 6.61 Å². The van der Waals surface area contributed by atoms with Crippen molar-refractivity contribution < 1.29 is 9.84 Å². The Morgan fingerprint density at radius 2 is 2.00 bits per heavy atom. The number of hydrogen-bond acceptors (Lipinski definition) is 4. The molecule has 100 valence electrons. The Morgan fingerprint density at radius 1 is 1.20 bits per heavy atom. The molecular formula is C16H13NO2S. The van der Waals surface area contributed by atoms with Crippen molar-refractivity contribution in [3.8, 4) is 23.7 Å². The number of benzene rings is 1. The van der Waals surface area contributed by atoms with E-state index in [1.165, 1.54) is 0 Å². The van der Waals surface area contributed by atoms with Gasteiger partial charge in [-0.1, -0.05) is 11.8 Å².